The Morgan fingerprint density at radius 2 is 2.24 bits per heavy atom. The quantitative estimate of drug-likeness (QED) is 0.609. The molecule has 0 heterocycles. The van der Waals surface area contributed by atoms with Crippen LogP contribution >= 0.6 is 0 Å². The van der Waals surface area contributed by atoms with Gasteiger partial charge in [-0.1, -0.05) is 19.1 Å². The molecule has 0 bridgehead atoms. The van der Waals surface area contributed by atoms with Crippen LogP contribution in [0.25, 0.3) is 0 Å². The zero-order valence-corrected chi connectivity index (χ0v) is 10.2. The van der Waals surface area contributed by atoms with Gasteiger partial charge < -0.3 is 10.5 Å². The summed E-state index contributed by atoms with van der Waals surface area (Å²) in [7, 11) is 0. The van der Waals surface area contributed by atoms with Crippen LogP contribution in [-0.2, 0) is 11.3 Å². The van der Waals surface area contributed by atoms with E-state index in [1.165, 1.54) is 12.1 Å². The Hall–Kier alpha value is -1.46. The van der Waals surface area contributed by atoms with Gasteiger partial charge in [-0.2, -0.15) is 0 Å². The van der Waals surface area contributed by atoms with Gasteiger partial charge in [0.15, 0.2) is 0 Å². The minimum Gasteiger partial charge on any atom is -0.375 e. The van der Waals surface area contributed by atoms with Crippen molar-refractivity contribution in [2.24, 2.45) is 5.73 Å². The van der Waals surface area contributed by atoms with E-state index in [-0.39, 0.29) is 11.2 Å². The maximum Gasteiger partial charge on any atom is 0.269 e. The van der Waals surface area contributed by atoms with E-state index in [1.807, 2.05) is 13.8 Å². The molecule has 94 valence electrons. The van der Waals surface area contributed by atoms with Crippen molar-refractivity contribution in [3.63, 3.8) is 0 Å². The molecule has 0 radical (unpaired) electrons. The Morgan fingerprint density at radius 3 is 2.82 bits per heavy atom. The van der Waals surface area contributed by atoms with E-state index in [1.54, 1.807) is 12.1 Å². The Morgan fingerprint density at radius 1 is 1.53 bits per heavy atom. The fourth-order valence-electron chi connectivity index (χ4n) is 1.26. The molecule has 2 N–H and O–H groups in total. The van der Waals surface area contributed by atoms with Crippen molar-refractivity contribution in [1.29, 1.82) is 0 Å². The van der Waals surface area contributed by atoms with Crippen LogP contribution in [0, 0.1) is 10.1 Å². The van der Waals surface area contributed by atoms with Gasteiger partial charge in [0.05, 0.1) is 18.1 Å². The summed E-state index contributed by atoms with van der Waals surface area (Å²) in [5, 5.41) is 10.6. The summed E-state index contributed by atoms with van der Waals surface area (Å²) >= 11 is 0. The third-order valence-electron chi connectivity index (χ3n) is 2.63. The zero-order chi connectivity index (χ0) is 12.9. The topological polar surface area (TPSA) is 78.4 Å². The normalized spacial score (nSPS) is 14.3. The Labute approximate surface area is 101 Å². The molecule has 5 heteroatoms. The molecule has 0 spiro atoms. The van der Waals surface area contributed by atoms with Gasteiger partial charge in [-0.3, -0.25) is 10.1 Å². The molecule has 0 aliphatic heterocycles. The van der Waals surface area contributed by atoms with E-state index in [0.717, 1.165) is 12.0 Å². The first-order chi connectivity index (χ1) is 7.94. The molecule has 0 aliphatic rings. The third-order valence-corrected chi connectivity index (χ3v) is 2.63. The first-order valence-corrected chi connectivity index (χ1v) is 5.54. The Bertz CT molecular complexity index is 391. The highest BCUT2D eigenvalue weighted by molar-refractivity contribution is 5.33. The van der Waals surface area contributed by atoms with Gasteiger partial charge in [0.2, 0.25) is 0 Å². The lowest BCUT2D eigenvalue weighted by Gasteiger charge is -2.22. The monoisotopic (exact) mass is 238 g/mol. The van der Waals surface area contributed by atoms with Gasteiger partial charge in [0.1, 0.15) is 0 Å². The number of benzene rings is 1. The minimum atomic E-state index is -0.414. The van der Waals surface area contributed by atoms with Crippen molar-refractivity contribution in [3.05, 3.63) is 39.9 Å². The van der Waals surface area contributed by atoms with E-state index in [4.69, 9.17) is 10.5 Å². The molecule has 0 aromatic heterocycles. The van der Waals surface area contributed by atoms with Crippen LogP contribution in [0.5, 0.6) is 0 Å². The smallest absolute Gasteiger partial charge is 0.269 e. The van der Waals surface area contributed by atoms with Crippen LogP contribution in [0.4, 0.5) is 5.69 Å². The SMILES string of the molecule is CCC(C)(N)COCc1cccc([N+](=O)[O-])c1. The first-order valence-electron chi connectivity index (χ1n) is 5.54. The van der Waals surface area contributed by atoms with Crippen LogP contribution in [0.3, 0.4) is 0 Å². The van der Waals surface area contributed by atoms with Crippen LogP contribution in [0.2, 0.25) is 0 Å². The summed E-state index contributed by atoms with van der Waals surface area (Å²) in [6.45, 7) is 4.69. The molecule has 1 aromatic carbocycles. The van der Waals surface area contributed by atoms with E-state index in [2.05, 4.69) is 0 Å². The molecule has 0 amide bonds. The molecule has 0 saturated carbocycles. The number of nitro benzene ring substituents is 1. The van der Waals surface area contributed by atoms with E-state index in [9.17, 15) is 10.1 Å². The highest BCUT2D eigenvalue weighted by Crippen LogP contribution is 2.14. The number of hydrogen-bond acceptors (Lipinski definition) is 4. The Balaban J connectivity index is 2.52. The zero-order valence-electron chi connectivity index (χ0n) is 10.2. The second-order valence-electron chi connectivity index (χ2n) is 4.43. The van der Waals surface area contributed by atoms with E-state index >= 15 is 0 Å². The van der Waals surface area contributed by atoms with Gasteiger partial charge >= 0.3 is 0 Å². The second kappa shape index (κ2) is 5.75. The average Bonchev–Trinajstić information content (AvgIpc) is 2.29. The molecular formula is C12H18N2O3. The maximum atomic E-state index is 10.6. The Kier molecular flexibility index (Phi) is 4.60. The number of hydrogen-bond donors (Lipinski definition) is 1. The number of nitrogens with two attached hydrogens (primary N) is 1. The number of rotatable bonds is 6. The summed E-state index contributed by atoms with van der Waals surface area (Å²) in [6.07, 6.45) is 0.821. The predicted octanol–water partition coefficient (Wildman–Crippen LogP) is 2.24. The molecule has 17 heavy (non-hydrogen) atoms. The van der Waals surface area contributed by atoms with E-state index < -0.39 is 4.92 Å². The van der Waals surface area contributed by atoms with Gasteiger partial charge in [0.25, 0.3) is 5.69 Å². The number of ether oxygens (including phenoxy) is 1. The summed E-state index contributed by atoms with van der Waals surface area (Å²) in [5.74, 6) is 0. The van der Waals surface area contributed by atoms with Crippen LogP contribution in [0.1, 0.15) is 25.8 Å². The van der Waals surface area contributed by atoms with Crippen LogP contribution in [0.15, 0.2) is 24.3 Å². The number of nitro groups is 1. The minimum absolute atomic E-state index is 0.0806. The standard InChI is InChI=1S/C12H18N2O3/c1-3-12(2,13)9-17-8-10-5-4-6-11(7-10)14(15)16/h4-7H,3,8-9,13H2,1-2H3. The molecule has 0 saturated heterocycles. The molecular weight excluding hydrogens is 220 g/mol. The fraction of sp³-hybridized carbons (Fsp3) is 0.500. The van der Waals surface area contributed by atoms with Crippen LogP contribution < -0.4 is 5.73 Å². The van der Waals surface area contributed by atoms with Gasteiger partial charge in [-0.25, -0.2) is 0 Å². The summed E-state index contributed by atoms with van der Waals surface area (Å²) < 4.78 is 5.46. The molecule has 1 atom stereocenters. The average molecular weight is 238 g/mol. The fourth-order valence-corrected chi connectivity index (χ4v) is 1.26. The maximum absolute atomic E-state index is 10.6. The lowest BCUT2D eigenvalue weighted by atomic mass is 10.0. The summed E-state index contributed by atoms with van der Waals surface area (Å²) in [4.78, 5) is 10.2. The van der Waals surface area contributed by atoms with Gasteiger partial charge in [-0.15, -0.1) is 0 Å². The van der Waals surface area contributed by atoms with Gasteiger partial charge in [0, 0.05) is 17.7 Å². The lowest BCUT2D eigenvalue weighted by Crippen LogP contribution is -2.40. The molecule has 1 unspecified atom stereocenters. The molecule has 0 fully saturated rings. The van der Waals surface area contributed by atoms with E-state index in [0.29, 0.717) is 13.2 Å². The van der Waals surface area contributed by atoms with Crippen molar-refractivity contribution in [2.45, 2.75) is 32.4 Å². The third kappa shape index (κ3) is 4.50. The summed E-state index contributed by atoms with van der Waals surface area (Å²) in [6, 6.07) is 6.42. The summed E-state index contributed by atoms with van der Waals surface area (Å²) in [5.41, 5.74) is 6.44. The first kappa shape index (κ1) is 13.6. The highest BCUT2D eigenvalue weighted by atomic mass is 16.6. The van der Waals surface area contributed by atoms with Crippen molar-refractivity contribution < 1.29 is 9.66 Å². The van der Waals surface area contributed by atoms with Crippen molar-refractivity contribution in [1.82, 2.24) is 0 Å². The van der Waals surface area contributed by atoms with Crippen molar-refractivity contribution in [2.75, 3.05) is 6.61 Å². The van der Waals surface area contributed by atoms with Crippen molar-refractivity contribution >= 4 is 5.69 Å². The van der Waals surface area contributed by atoms with Crippen molar-refractivity contribution in [3.8, 4) is 0 Å². The number of non-ortho nitro benzene ring substituents is 1. The molecule has 0 aliphatic carbocycles. The predicted molar refractivity (Wildman–Crippen MR) is 65.6 cm³/mol. The largest absolute Gasteiger partial charge is 0.375 e. The number of nitrogens with zero attached hydrogens (tertiary/aromatic N) is 1. The molecule has 1 rings (SSSR count). The lowest BCUT2D eigenvalue weighted by molar-refractivity contribution is -0.384. The van der Waals surface area contributed by atoms with Gasteiger partial charge in [-0.05, 0) is 18.9 Å². The second-order valence-corrected chi connectivity index (χ2v) is 4.43. The van der Waals surface area contributed by atoms with Crippen LogP contribution in [-0.4, -0.2) is 17.1 Å². The highest BCUT2D eigenvalue weighted by Gasteiger charge is 2.15. The molecule has 1 aromatic rings. The molecule has 5 nitrogen and oxygen atoms in total.